The molecule has 0 radical (unpaired) electrons. The first kappa shape index (κ1) is 18.4. The largest absolute Gasteiger partial charge is 0.340 e. The second-order valence-corrected chi connectivity index (χ2v) is 8.43. The molecule has 1 aliphatic heterocycles. The minimum Gasteiger partial charge on any atom is -0.340 e. The zero-order chi connectivity index (χ0) is 17.0. The molecule has 1 aromatic rings. The van der Waals surface area contributed by atoms with Gasteiger partial charge in [0.1, 0.15) is 5.01 Å². The number of thiazole rings is 1. The average Bonchev–Trinajstić information content (AvgIpc) is 2.98. The van der Waals surface area contributed by atoms with Gasteiger partial charge in [-0.1, -0.05) is 34.6 Å². The van der Waals surface area contributed by atoms with Crippen molar-refractivity contribution in [2.24, 2.45) is 5.92 Å². The van der Waals surface area contributed by atoms with Gasteiger partial charge < -0.3 is 4.90 Å². The number of nitrogens with zero attached hydrogens (tertiary/aromatic N) is 3. The Hall–Kier alpha value is -0.940. The van der Waals surface area contributed by atoms with E-state index in [4.69, 9.17) is 4.98 Å². The van der Waals surface area contributed by atoms with Crippen LogP contribution >= 0.6 is 11.3 Å². The highest BCUT2D eigenvalue weighted by molar-refractivity contribution is 7.09. The summed E-state index contributed by atoms with van der Waals surface area (Å²) in [5, 5.41) is 3.37. The molecule has 130 valence electrons. The van der Waals surface area contributed by atoms with E-state index in [1.54, 1.807) is 11.3 Å². The molecule has 1 fully saturated rings. The number of carbonyl (C=O) groups excluding carboxylic acids is 1. The standard InChI is InChI=1S/C18H31N3OS/c1-6-14(7-2)17(22)21-10-8-20(9-11-21)12-16-19-15(13-23-16)18(3,4)5/h13-14H,6-12H2,1-5H3. The van der Waals surface area contributed by atoms with Crippen molar-refractivity contribution in [2.75, 3.05) is 26.2 Å². The molecular formula is C18H31N3OS. The maximum Gasteiger partial charge on any atom is 0.225 e. The highest BCUT2D eigenvalue weighted by atomic mass is 32.1. The summed E-state index contributed by atoms with van der Waals surface area (Å²) in [5.74, 6) is 0.550. The second-order valence-electron chi connectivity index (χ2n) is 7.49. The predicted octanol–water partition coefficient (Wildman–Crippen LogP) is 3.52. The zero-order valence-corrected chi connectivity index (χ0v) is 16.1. The number of piperazine rings is 1. The minimum absolute atomic E-state index is 0.120. The fourth-order valence-corrected chi connectivity index (χ4v) is 4.00. The van der Waals surface area contributed by atoms with Gasteiger partial charge in [-0.05, 0) is 12.8 Å². The van der Waals surface area contributed by atoms with Gasteiger partial charge in [0.05, 0.1) is 12.2 Å². The van der Waals surface area contributed by atoms with E-state index < -0.39 is 0 Å². The maximum atomic E-state index is 12.4. The van der Waals surface area contributed by atoms with Crippen LogP contribution in [0.3, 0.4) is 0 Å². The fourth-order valence-electron chi connectivity index (χ4n) is 2.94. The molecule has 23 heavy (non-hydrogen) atoms. The van der Waals surface area contributed by atoms with Crippen LogP contribution in [0.5, 0.6) is 0 Å². The van der Waals surface area contributed by atoms with Gasteiger partial charge in [0.15, 0.2) is 0 Å². The van der Waals surface area contributed by atoms with Crippen molar-refractivity contribution in [3.63, 3.8) is 0 Å². The van der Waals surface area contributed by atoms with Crippen molar-refractivity contribution in [1.29, 1.82) is 0 Å². The quantitative estimate of drug-likeness (QED) is 0.825. The molecule has 2 rings (SSSR count). The fraction of sp³-hybridized carbons (Fsp3) is 0.778. The minimum atomic E-state index is 0.120. The van der Waals surface area contributed by atoms with Crippen LogP contribution in [0.15, 0.2) is 5.38 Å². The van der Waals surface area contributed by atoms with Crippen LogP contribution in [-0.4, -0.2) is 46.9 Å². The summed E-state index contributed by atoms with van der Waals surface area (Å²) in [5.41, 5.74) is 1.30. The molecule has 1 amide bonds. The van der Waals surface area contributed by atoms with Crippen molar-refractivity contribution in [3.8, 4) is 0 Å². The molecule has 0 saturated carbocycles. The van der Waals surface area contributed by atoms with Crippen LogP contribution in [0.1, 0.15) is 58.2 Å². The van der Waals surface area contributed by atoms with Crippen molar-refractivity contribution < 1.29 is 4.79 Å². The first-order valence-electron chi connectivity index (χ1n) is 8.81. The van der Waals surface area contributed by atoms with E-state index in [0.29, 0.717) is 5.91 Å². The molecule has 2 heterocycles. The van der Waals surface area contributed by atoms with Crippen LogP contribution in [-0.2, 0) is 16.8 Å². The Bertz CT molecular complexity index is 509. The van der Waals surface area contributed by atoms with Crippen LogP contribution in [0.25, 0.3) is 0 Å². The van der Waals surface area contributed by atoms with E-state index in [1.165, 1.54) is 10.7 Å². The lowest BCUT2D eigenvalue weighted by atomic mass is 9.93. The molecule has 1 aliphatic rings. The lowest BCUT2D eigenvalue weighted by molar-refractivity contribution is -0.137. The van der Waals surface area contributed by atoms with E-state index >= 15 is 0 Å². The van der Waals surface area contributed by atoms with E-state index in [0.717, 1.165) is 45.6 Å². The third-order valence-electron chi connectivity index (χ3n) is 4.70. The third kappa shape index (κ3) is 4.77. The molecular weight excluding hydrogens is 306 g/mol. The molecule has 0 atom stereocenters. The van der Waals surface area contributed by atoms with Gasteiger partial charge in [0.25, 0.3) is 0 Å². The number of rotatable bonds is 5. The van der Waals surface area contributed by atoms with Crippen LogP contribution < -0.4 is 0 Å². The number of carbonyl (C=O) groups is 1. The van der Waals surface area contributed by atoms with Crippen molar-refractivity contribution in [1.82, 2.24) is 14.8 Å². The normalized spacial score (nSPS) is 17.0. The van der Waals surface area contributed by atoms with Gasteiger partial charge >= 0.3 is 0 Å². The Labute approximate surface area is 144 Å². The molecule has 5 heteroatoms. The molecule has 0 aliphatic carbocycles. The molecule has 1 aromatic heterocycles. The van der Waals surface area contributed by atoms with Crippen molar-refractivity contribution in [3.05, 3.63) is 16.1 Å². The molecule has 0 bridgehead atoms. The molecule has 1 saturated heterocycles. The Kier molecular flexibility index (Phi) is 6.20. The molecule has 0 spiro atoms. The molecule has 0 aromatic carbocycles. The van der Waals surface area contributed by atoms with E-state index in [1.807, 2.05) is 0 Å². The topological polar surface area (TPSA) is 36.4 Å². The highest BCUT2D eigenvalue weighted by Gasteiger charge is 2.26. The van der Waals surface area contributed by atoms with Gasteiger partial charge in [0.2, 0.25) is 5.91 Å². The third-order valence-corrected chi connectivity index (χ3v) is 5.53. The van der Waals surface area contributed by atoms with E-state index in [9.17, 15) is 4.79 Å². The van der Waals surface area contributed by atoms with Gasteiger partial charge in [-0.3, -0.25) is 9.69 Å². The maximum absolute atomic E-state index is 12.4. The van der Waals surface area contributed by atoms with Gasteiger partial charge in [0, 0.05) is 42.9 Å². The molecule has 0 unspecified atom stereocenters. The smallest absolute Gasteiger partial charge is 0.225 e. The lowest BCUT2D eigenvalue weighted by Gasteiger charge is -2.35. The Morgan fingerprint density at radius 2 is 1.83 bits per heavy atom. The summed E-state index contributed by atoms with van der Waals surface area (Å²) in [6, 6.07) is 0. The molecule has 4 nitrogen and oxygen atoms in total. The molecule has 0 N–H and O–H groups in total. The summed E-state index contributed by atoms with van der Waals surface area (Å²) in [4.78, 5) is 21.7. The summed E-state index contributed by atoms with van der Waals surface area (Å²) in [6.45, 7) is 15.4. The van der Waals surface area contributed by atoms with Crippen LogP contribution in [0.2, 0.25) is 0 Å². The number of aromatic nitrogens is 1. The zero-order valence-electron chi connectivity index (χ0n) is 15.3. The van der Waals surface area contributed by atoms with Crippen molar-refractivity contribution >= 4 is 17.2 Å². The lowest BCUT2D eigenvalue weighted by Crippen LogP contribution is -2.49. The number of amides is 1. The average molecular weight is 338 g/mol. The highest BCUT2D eigenvalue weighted by Crippen LogP contribution is 2.24. The number of hydrogen-bond acceptors (Lipinski definition) is 4. The SMILES string of the molecule is CCC(CC)C(=O)N1CCN(Cc2nc(C(C)(C)C)cs2)CC1. The van der Waals surface area contributed by atoms with Gasteiger partial charge in [-0.25, -0.2) is 4.98 Å². The number of hydrogen-bond donors (Lipinski definition) is 0. The van der Waals surface area contributed by atoms with Gasteiger partial charge in [-0.2, -0.15) is 0 Å². The van der Waals surface area contributed by atoms with Crippen LogP contribution in [0.4, 0.5) is 0 Å². The van der Waals surface area contributed by atoms with Crippen LogP contribution in [0, 0.1) is 5.92 Å². The Morgan fingerprint density at radius 1 is 1.22 bits per heavy atom. The summed E-state index contributed by atoms with van der Waals surface area (Å²) >= 11 is 1.76. The summed E-state index contributed by atoms with van der Waals surface area (Å²) < 4.78 is 0. The second kappa shape index (κ2) is 7.75. The summed E-state index contributed by atoms with van der Waals surface area (Å²) in [6.07, 6.45) is 1.90. The first-order chi connectivity index (χ1) is 10.8. The van der Waals surface area contributed by atoms with E-state index in [2.05, 4.69) is 49.8 Å². The predicted molar refractivity (Wildman–Crippen MR) is 96.7 cm³/mol. The summed E-state index contributed by atoms with van der Waals surface area (Å²) in [7, 11) is 0. The Morgan fingerprint density at radius 3 is 2.30 bits per heavy atom. The monoisotopic (exact) mass is 337 g/mol. The van der Waals surface area contributed by atoms with Crippen molar-refractivity contribution in [2.45, 2.75) is 59.4 Å². The Balaban J connectivity index is 1.85. The van der Waals surface area contributed by atoms with Gasteiger partial charge in [-0.15, -0.1) is 11.3 Å². The first-order valence-corrected chi connectivity index (χ1v) is 9.69. The van der Waals surface area contributed by atoms with E-state index in [-0.39, 0.29) is 11.3 Å².